The number of rotatable bonds is 2. The van der Waals surface area contributed by atoms with E-state index in [9.17, 15) is 0 Å². The molecular formula is C13H9N3O2. The Balaban J connectivity index is 1.91. The average molecular weight is 239 g/mol. The van der Waals surface area contributed by atoms with Gasteiger partial charge in [0.05, 0.1) is 17.4 Å². The zero-order valence-electron chi connectivity index (χ0n) is 9.38. The number of nitrogens with zero attached hydrogens (tertiary/aromatic N) is 2. The maximum absolute atomic E-state index is 8.99. The molecule has 0 saturated carbocycles. The van der Waals surface area contributed by atoms with Crippen LogP contribution in [0.5, 0.6) is 11.5 Å². The molecule has 0 bridgehead atoms. The molecule has 1 aliphatic heterocycles. The minimum absolute atomic E-state index is 0.245. The first-order valence-electron chi connectivity index (χ1n) is 5.37. The van der Waals surface area contributed by atoms with Crippen LogP contribution in [-0.4, -0.2) is 11.8 Å². The Hall–Kier alpha value is -2.74. The smallest absolute Gasteiger partial charge is 0.231 e. The quantitative estimate of drug-likeness (QED) is 0.871. The van der Waals surface area contributed by atoms with Gasteiger partial charge in [-0.2, -0.15) is 5.26 Å². The monoisotopic (exact) mass is 239 g/mol. The second kappa shape index (κ2) is 4.26. The molecule has 18 heavy (non-hydrogen) atoms. The highest BCUT2D eigenvalue weighted by molar-refractivity contribution is 5.67. The van der Waals surface area contributed by atoms with Crippen LogP contribution < -0.4 is 14.8 Å². The topological polar surface area (TPSA) is 67.2 Å². The number of aromatic nitrogens is 1. The van der Waals surface area contributed by atoms with E-state index in [0.717, 1.165) is 11.4 Å². The summed E-state index contributed by atoms with van der Waals surface area (Å²) in [5, 5.41) is 12.1. The van der Waals surface area contributed by atoms with Gasteiger partial charge in [-0.25, -0.2) is 0 Å². The zero-order valence-corrected chi connectivity index (χ0v) is 9.38. The lowest BCUT2D eigenvalue weighted by Gasteiger charge is -2.07. The number of nitrogens with one attached hydrogen (secondary N) is 1. The van der Waals surface area contributed by atoms with Gasteiger partial charge in [0.25, 0.3) is 0 Å². The lowest BCUT2D eigenvalue weighted by molar-refractivity contribution is 0.174. The summed E-state index contributed by atoms with van der Waals surface area (Å²) in [6.07, 6.45) is 3.20. The Labute approximate surface area is 104 Å². The number of hydrogen-bond acceptors (Lipinski definition) is 5. The number of hydrogen-bond donors (Lipinski definition) is 1. The second-order valence-corrected chi connectivity index (χ2v) is 3.73. The van der Waals surface area contributed by atoms with Crippen molar-refractivity contribution in [2.24, 2.45) is 0 Å². The molecule has 0 amide bonds. The summed E-state index contributed by atoms with van der Waals surface area (Å²) in [6.45, 7) is 0.245. The molecule has 0 radical (unpaired) electrons. The van der Waals surface area contributed by atoms with Crippen molar-refractivity contribution in [3.05, 3.63) is 42.2 Å². The summed E-state index contributed by atoms with van der Waals surface area (Å²) in [5.41, 5.74) is 2.03. The molecular weight excluding hydrogens is 230 g/mol. The van der Waals surface area contributed by atoms with Crippen LogP contribution in [-0.2, 0) is 0 Å². The number of nitriles is 1. The highest BCUT2D eigenvalue weighted by Crippen LogP contribution is 2.35. The van der Waals surface area contributed by atoms with Gasteiger partial charge in [-0.05, 0) is 18.2 Å². The Kier molecular flexibility index (Phi) is 2.47. The van der Waals surface area contributed by atoms with Gasteiger partial charge in [-0.1, -0.05) is 0 Å². The minimum atomic E-state index is 0.245. The van der Waals surface area contributed by atoms with E-state index in [1.165, 1.54) is 0 Å². The summed E-state index contributed by atoms with van der Waals surface area (Å²) in [7, 11) is 0. The first kappa shape index (κ1) is 10.4. The molecule has 0 unspecified atom stereocenters. The van der Waals surface area contributed by atoms with Crippen LogP contribution >= 0.6 is 0 Å². The van der Waals surface area contributed by atoms with E-state index >= 15 is 0 Å². The molecule has 88 valence electrons. The second-order valence-electron chi connectivity index (χ2n) is 3.73. The predicted octanol–water partition coefficient (Wildman–Crippen LogP) is 2.43. The normalized spacial score (nSPS) is 11.9. The molecule has 2 aromatic rings. The molecule has 2 heterocycles. The van der Waals surface area contributed by atoms with Crippen molar-refractivity contribution in [3.63, 3.8) is 0 Å². The van der Waals surface area contributed by atoms with E-state index < -0.39 is 0 Å². The lowest BCUT2D eigenvalue weighted by atomic mass is 10.2. The fourth-order valence-electron chi connectivity index (χ4n) is 1.72. The predicted molar refractivity (Wildman–Crippen MR) is 64.8 cm³/mol. The van der Waals surface area contributed by atoms with Crippen molar-refractivity contribution in [2.45, 2.75) is 0 Å². The SMILES string of the molecule is N#Cc1ccncc1Nc1ccc2c(c1)OCO2. The minimum Gasteiger partial charge on any atom is -0.454 e. The maximum Gasteiger partial charge on any atom is 0.231 e. The molecule has 0 atom stereocenters. The standard InChI is InChI=1S/C13H9N3O2/c14-6-9-3-4-15-7-11(9)16-10-1-2-12-13(5-10)18-8-17-12/h1-5,7,16H,8H2. The highest BCUT2D eigenvalue weighted by Gasteiger charge is 2.13. The van der Waals surface area contributed by atoms with Gasteiger partial charge >= 0.3 is 0 Å². The van der Waals surface area contributed by atoms with Crippen LogP contribution in [0.1, 0.15) is 5.56 Å². The highest BCUT2D eigenvalue weighted by atomic mass is 16.7. The van der Waals surface area contributed by atoms with E-state index in [1.807, 2.05) is 18.2 Å². The van der Waals surface area contributed by atoms with Gasteiger partial charge in [0.1, 0.15) is 6.07 Å². The van der Waals surface area contributed by atoms with Gasteiger partial charge in [-0.3, -0.25) is 4.98 Å². The number of anilines is 2. The molecule has 0 aliphatic carbocycles. The van der Waals surface area contributed by atoms with Crippen LogP contribution in [0.2, 0.25) is 0 Å². The molecule has 0 saturated heterocycles. The number of ether oxygens (including phenoxy) is 2. The summed E-state index contributed by atoms with van der Waals surface area (Å²) in [5.74, 6) is 1.43. The van der Waals surface area contributed by atoms with Crippen LogP contribution in [0.3, 0.4) is 0 Å². The molecule has 1 aromatic carbocycles. The molecule has 3 rings (SSSR count). The Morgan fingerprint density at radius 3 is 3.00 bits per heavy atom. The Bertz CT molecular complexity index is 634. The van der Waals surface area contributed by atoms with E-state index in [1.54, 1.807) is 18.5 Å². The first-order valence-corrected chi connectivity index (χ1v) is 5.37. The van der Waals surface area contributed by atoms with Crippen molar-refractivity contribution in [1.82, 2.24) is 4.98 Å². The van der Waals surface area contributed by atoms with E-state index in [2.05, 4.69) is 16.4 Å². The molecule has 1 aliphatic rings. The molecule has 1 aromatic heterocycles. The summed E-state index contributed by atoms with van der Waals surface area (Å²) < 4.78 is 10.5. The lowest BCUT2D eigenvalue weighted by Crippen LogP contribution is -1.94. The zero-order chi connectivity index (χ0) is 12.4. The number of benzene rings is 1. The maximum atomic E-state index is 8.99. The molecule has 0 spiro atoms. The van der Waals surface area contributed by atoms with Crippen LogP contribution in [0.15, 0.2) is 36.7 Å². The van der Waals surface area contributed by atoms with Crippen molar-refractivity contribution in [2.75, 3.05) is 12.1 Å². The van der Waals surface area contributed by atoms with Gasteiger partial charge in [-0.15, -0.1) is 0 Å². The van der Waals surface area contributed by atoms with Gasteiger partial charge in [0.2, 0.25) is 6.79 Å². The van der Waals surface area contributed by atoms with Crippen molar-refractivity contribution >= 4 is 11.4 Å². The largest absolute Gasteiger partial charge is 0.454 e. The molecule has 5 nitrogen and oxygen atoms in total. The summed E-state index contributed by atoms with van der Waals surface area (Å²) in [4.78, 5) is 3.99. The average Bonchev–Trinajstić information content (AvgIpc) is 2.87. The van der Waals surface area contributed by atoms with Gasteiger partial charge in [0, 0.05) is 18.0 Å². The third kappa shape index (κ3) is 1.80. The fourth-order valence-corrected chi connectivity index (χ4v) is 1.72. The fraction of sp³-hybridized carbons (Fsp3) is 0.0769. The number of fused-ring (bicyclic) bond motifs is 1. The Morgan fingerprint density at radius 1 is 1.22 bits per heavy atom. The van der Waals surface area contributed by atoms with Crippen LogP contribution in [0, 0.1) is 11.3 Å². The van der Waals surface area contributed by atoms with E-state index in [0.29, 0.717) is 17.0 Å². The first-order chi connectivity index (χ1) is 8.86. The van der Waals surface area contributed by atoms with Gasteiger partial charge in [0.15, 0.2) is 11.5 Å². The van der Waals surface area contributed by atoms with E-state index in [-0.39, 0.29) is 6.79 Å². The number of pyridine rings is 1. The molecule has 5 heteroatoms. The van der Waals surface area contributed by atoms with Crippen molar-refractivity contribution in [1.29, 1.82) is 5.26 Å². The van der Waals surface area contributed by atoms with Crippen LogP contribution in [0.25, 0.3) is 0 Å². The Morgan fingerprint density at radius 2 is 2.11 bits per heavy atom. The van der Waals surface area contributed by atoms with Crippen LogP contribution in [0.4, 0.5) is 11.4 Å². The molecule has 0 fully saturated rings. The summed E-state index contributed by atoms with van der Waals surface area (Å²) >= 11 is 0. The van der Waals surface area contributed by atoms with Crippen molar-refractivity contribution in [3.8, 4) is 17.6 Å². The third-order valence-electron chi connectivity index (χ3n) is 2.59. The third-order valence-corrected chi connectivity index (χ3v) is 2.59. The van der Waals surface area contributed by atoms with Crippen molar-refractivity contribution < 1.29 is 9.47 Å². The summed E-state index contributed by atoms with van der Waals surface area (Å²) in [6, 6.07) is 9.29. The van der Waals surface area contributed by atoms with Gasteiger partial charge < -0.3 is 14.8 Å². The molecule has 1 N–H and O–H groups in total. The van der Waals surface area contributed by atoms with E-state index in [4.69, 9.17) is 14.7 Å².